The molecule has 6 nitrogen and oxygen atoms in total. The number of esters is 1. The van der Waals surface area contributed by atoms with E-state index in [0.29, 0.717) is 27.7 Å². The lowest BCUT2D eigenvalue weighted by Gasteiger charge is -2.20. The molecule has 0 saturated carbocycles. The van der Waals surface area contributed by atoms with Crippen LogP contribution in [0.4, 0.5) is 5.00 Å². The van der Waals surface area contributed by atoms with Gasteiger partial charge in [-0.3, -0.25) is 9.78 Å². The Bertz CT molecular complexity index is 1430. The molecule has 0 spiro atoms. The number of carbonyl (C=O) groups excluding carboxylic acids is 2. The fourth-order valence-corrected chi connectivity index (χ4v) is 6.11. The van der Waals surface area contributed by atoms with E-state index >= 15 is 0 Å². The van der Waals surface area contributed by atoms with Gasteiger partial charge in [0, 0.05) is 28.2 Å². The van der Waals surface area contributed by atoms with Gasteiger partial charge in [-0.15, -0.1) is 11.3 Å². The molecule has 1 aromatic carbocycles. The van der Waals surface area contributed by atoms with Crippen molar-refractivity contribution in [1.82, 2.24) is 9.97 Å². The van der Waals surface area contributed by atoms with Crippen LogP contribution in [-0.4, -0.2) is 29.0 Å². The first-order chi connectivity index (χ1) is 17.0. The Balaban J connectivity index is 1.59. The van der Waals surface area contributed by atoms with Crippen molar-refractivity contribution in [2.45, 2.75) is 39.5 Å². The number of carbonyl (C=O) groups is 2. The molecule has 1 amide bonds. The average Bonchev–Trinajstić information content (AvgIpc) is 3.24. The van der Waals surface area contributed by atoms with Crippen LogP contribution in [0.1, 0.15) is 56.5 Å². The number of aryl methyl sites for hydroxylation is 1. The van der Waals surface area contributed by atoms with Crippen molar-refractivity contribution in [2.75, 3.05) is 12.4 Å². The molecule has 4 aromatic rings. The maximum atomic E-state index is 13.7. The Hall–Kier alpha value is -3.58. The van der Waals surface area contributed by atoms with Crippen LogP contribution in [0.2, 0.25) is 0 Å². The van der Waals surface area contributed by atoms with E-state index in [2.05, 4.69) is 17.2 Å². The number of benzene rings is 1. The molecule has 35 heavy (non-hydrogen) atoms. The summed E-state index contributed by atoms with van der Waals surface area (Å²) in [4.78, 5) is 36.6. The molecule has 0 saturated heterocycles. The van der Waals surface area contributed by atoms with Crippen molar-refractivity contribution in [2.24, 2.45) is 5.92 Å². The van der Waals surface area contributed by atoms with Gasteiger partial charge in [0.1, 0.15) is 5.00 Å². The van der Waals surface area contributed by atoms with Gasteiger partial charge in [0.2, 0.25) is 0 Å². The van der Waals surface area contributed by atoms with Gasteiger partial charge >= 0.3 is 5.97 Å². The van der Waals surface area contributed by atoms with Gasteiger partial charge < -0.3 is 10.1 Å². The van der Waals surface area contributed by atoms with Crippen molar-refractivity contribution < 1.29 is 14.3 Å². The largest absolute Gasteiger partial charge is 0.465 e. The molecule has 1 atom stereocenters. The zero-order valence-electron chi connectivity index (χ0n) is 20.1. The SMILES string of the molecule is CC[C@@H]1CCc2c(sc(NC(=O)c3cc(-c4cccnc4)nc4ccc(C)cc34)c2C(=O)OC)C1. The molecular formula is C28H27N3O3S. The van der Waals surface area contributed by atoms with Crippen molar-refractivity contribution in [3.05, 3.63) is 75.9 Å². The van der Waals surface area contributed by atoms with Crippen LogP contribution >= 0.6 is 11.3 Å². The number of fused-ring (bicyclic) bond motifs is 2. The molecule has 1 aliphatic rings. The lowest BCUT2D eigenvalue weighted by atomic mass is 9.85. The zero-order chi connectivity index (χ0) is 24.5. The van der Waals surface area contributed by atoms with Crippen LogP contribution in [0.15, 0.2) is 48.8 Å². The Morgan fingerprint density at radius 1 is 1.23 bits per heavy atom. The second-order valence-corrected chi connectivity index (χ2v) is 10.1. The van der Waals surface area contributed by atoms with Crippen LogP contribution in [0.25, 0.3) is 22.2 Å². The van der Waals surface area contributed by atoms with E-state index in [9.17, 15) is 9.59 Å². The monoisotopic (exact) mass is 485 g/mol. The van der Waals surface area contributed by atoms with Gasteiger partial charge in [0.25, 0.3) is 5.91 Å². The van der Waals surface area contributed by atoms with E-state index < -0.39 is 5.97 Å². The molecule has 0 radical (unpaired) electrons. The lowest BCUT2D eigenvalue weighted by Crippen LogP contribution is -2.17. The Morgan fingerprint density at radius 3 is 2.83 bits per heavy atom. The minimum absolute atomic E-state index is 0.274. The van der Waals surface area contributed by atoms with Crippen molar-refractivity contribution >= 4 is 39.1 Å². The standard InChI is InChI=1S/C28H27N3O3S/c1-4-17-8-9-19-24(13-17)35-27(25(19)28(33)34-3)31-26(32)21-14-23(18-6-5-11-29-15-18)30-22-10-7-16(2)12-20(21)22/h5-7,10-12,14-15,17H,4,8-9,13H2,1-3H3,(H,31,32)/t17-/m1/s1. The van der Waals surface area contributed by atoms with E-state index in [1.807, 2.05) is 37.3 Å². The molecule has 5 rings (SSSR count). The van der Waals surface area contributed by atoms with Crippen molar-refractivity contribution in [3.63, 3.8) is 0 Å². The normalized spacial score (nSPS) is 15.0. The average molecular weight is 486 g/mol. The third-order valence-electron chi connectivity index (χ3n) is 6.73. The molecule has 3 heterocycles. The van der Waals surface area contributed by atoms with E-state index in [1.54, 1.807) is 18.5 Å². The van der Waals surface area contributed by atoms with E-state index in [0.717, 1.165) is 53.3 Å². The maximum absolute atomic E-state index is 13.7. The van der Waals surface area contributed by atoms with Crippen LogP contribution in [0.5, 0.6) is 0 Å². The summed E-state index contributed by atoms with van der Waals surface area (Å²) in [7, 11) is 1.38. The molecule has 3 aromatic heterocycles. The van der Waals surface area contributed by atoms with Crippen LogP contribution in [0, 0.1) is 12.8 Å². The first kappa shape index (κ1) is 23.2. The fourth-order valence-electron chi connectivity index (χ4n) is 4.77. The van der Waals surface area contributed by atoms with Gasteiger partial charge in [0.15, 0.2) is 0 Å². The van der Waals surface area contributed by atoms with E-state index in [4.69, 9.17) is 9.72 Å². The number of amides is 1. The van der Waals surface area contributed by atoms with Crippen LogP contribution in [-0.2, 0) is 17.6 Å². The summed E-state index contributed by atoms with van der Waals surface area (Å²) < 4.78 is 5.10. The summed E-state index contributed by atoms with van der Waals surface area (Å²) in [5.41, 5.74) is 5.29. The third-order valence-corrected chi connectivity index (χ3v) is 7.90. The fraction of sp³-hybridized carbons (Fsp3) is 0.286. The number of hydrogen-bond donors (Lipinski definition) is 1. The molecule has 7 heteroatoms. The summed E-state index contributed by atoms with van der Waals surface area (Å²) in [6, 6.07) is 11.4. The molecule has 0 unspecified atom stereocenters. The predicted octanol–water partition coefficient (Wildman–Crippen LogP) is 6.22. The molecule has 0 bridgehead atoms. The number of rotatable bonds is 5. The second kappa shape index (κ2) is 9.58. The minimum Gasteiger partial charge on any atom is -0.465 e. The highest BCUT2D eigenvalue weighted by Gasteiger charge is 2.30. The highest BCUT2D eigenvalue weighted by molar-refractivity contribution is 7.17. The summed E-state index contributed by atoms with van der Waals surface area (Å²) >= 11 is 1.50. The third kappa shape index (κ3) is 4.44. The predicted molar refractivity (Wildman–Crippen MR) is 139 cm³/mol. The van der Waals surface area contributed by atoms with Crippen molar-refractivity contribution in [1.29, 1.82) is 0 Å². The van der Waals surface area contributed by atoms with Crippen molar-refractivity contribution in [3.8, 4) is 11.3 Å². The van der Waals surface area contributed by atoms with Gasteiger partial charge in [-0.25, -0.2) is 9.78 Å². The summed E-state index contributed by atoms with van der Waals surface area (Å²) in [6.45, 7) is 4.19. The number of methoxy groups -OCH3 is 1. The first-order valence-electron chi connectivity index (χ1n) is 11.8. The van der Waals surface area contributed by atoms with E-state index in [1.165, 1.54) is 23.3 Å². The summed E-state index contributed by atoms with van der Waals surface area (Å²) in [5.74, 6) is -0.0764. The molecule has 0 fully saturated rings. The first-order valence-corrected chi connectivity index (χ1v) is 12.7. The Kier molecular flexibility index (Phi) is 6.34. The second-order valence-electron chi connectivity index (χ2n) is 8.99. The highest BCUT2D eigenvalue weighted by atomic mass is 32.1. The molecule has 1 N–H and O–H groups in total. The number of nitrogens with one attached hydrogen (secondary N) is 1. The molecule has 178 valence electrons. The number of ether oxygens (including phenoxy) is 1. The Labute approximate surface area is 208 Å². The number of hydrogen-bond acceptors (Lipinski definition) is 6. The van der Waals surface area contributed by atoms with E-state index in [-0.39, 0.29) is 5.91 Å². The number of aromatic nitrogens is 2. The Morgan fingerprint density at radius 2 is 2.09 bits per heavy atom. The number of thiophene rings is 1. The zero-order valence-corrected chi connectivity index (χ0v) is 20.9. The number of pyridine rings is 2. The number of anilines is 1. The number of nitrogens with zero attached hydrogens (tertiary/aromatic N) is 2. The quantitative estimate of drug-likeness (QED) is 0.339. The summed E-state index contributed by atoms with van der Waals surface area (Å²) in [5, 5.41) is 4.38. The van der Waals surface area contributed by atoms with Gasteiger partial charge in [-0.1, -0.05) is 25.0 Å². The molecule has 1 aliphatic carbocycles. The van der Waals surface area contributed by atoms with Gasteiger partial charge in [0.05, 0.1) is 29.4 Å². The smallest absolute Gasteiger partial charge is 0.341 e. The maximum Gasteiger partial charge on any atom is 0.341 e. The summed E-state index contributed by atoms with van der Waals surface area (Å²) in [6.07, 6.45) is 7.34. The minimum atomic E-state index is -0.403. The topological polar surface area (TPSA) is 81.2 Å². The van der Waals surface area contributed by atoms with Crippen LogP contribution < -0.4 is 5.32 Å². The molecule has 0 aliphatic heterocycles. The highest BCUT2D eigenvalue weighted by Crippen LogP contribution is 2.41. The lowest BCUT2D eigenvalue weighted by molar-refractivity contribution is 0.0601. The van der Waals surface area contributed by atoms with Crippen LogP contribution in [0.3, 0.4) is 0 Å². The van der Waals surface area contributed by atoms with Gasteiger partial charge in [-0.05, 0) is 68.0 Å². The van der Waals surface area contributed by atoms with Gasteiger partial charge in [-0.2, -0.15) is 0 Å². The molecular weight excluding hydrogens is 458 g/mol.